The number of fused-ring (bicyclic) bond motifs is 1. The summed E-state index contributed by atoms with van der Waals surface area (Å²) in [6.07, 6.45) is -2.84. The second kappa shape index (κ2) is 13.3. The van der Waals surface area contributed by atoms with E-state index in [1.54, 1.807) is 6.07 Å². The van der Waals surface area contributed by atoms with Crippen LogP contribution >= 0.6 is 0 Å². The maximum atomic E-state index is 15.1. The molecule has 3 aromatic carbocycles. The van der Waals surface area contributed by atoms with Crippen molar-refractivity contribution in [1.29, 1.82) is 0 Å². The van der Waals surface area contributed by atoms with Crippen molar-refractivity contribution in [2.45, 2.75) is 37.5 Å². The summed E-state index contributed by atoms with van der Waals surface area (Å²) in [6.45, 7) is 0.299. The number of hydrogen-bond donors (Lipinski definition) is 3. The Labute approximate surface area is 269 Å². The van der Waals surface area contributed by atoms with E-state index in [0.717, 1.165) is 4.57 Å². The maximum Gasteiger partial charge on any atom is 0.412 e. The van der Waals surface area contributed by atoms with Crippen molar-refractivity contribution in [2.24, 2.45) is 14.1 Å². The lowest BCUT2D eigenvalue weighted by Crippen LogP contribution is -2.43. The summed E-state index contributed by atoms with van der Waals surface area (Å²) in [5, 5.41) is 14.1. The molecule has 15 heteroatoms. The van der Waals surface area contributed by atoms with Gasteiger partial charge in [-0.2, -0.15) is 13.2 Å². The van der Waals surface area contributed by atoms with Crippen LogP contribution in [0.15, 0.2) is 70.4 Å². The van der Waals surface area contributed by atoms with E-state index in [-0.39, 0.29) is 17.5 Å². The van der Waals surface area contributed by atoms with Crippen molar-refractivity contribution in [1.82, 2.24) is 14.5 Å². The van der Waals surface area contributed by atoms with Gasteiger partial charge in [0.15, 0.2) is 0 Å². The number of carbonyl (C=O) groups excluding carboxylic acids is 1. The molecule has 10 nitrogen and oxygen atoms in total. The van der Waals surface area contributed by atoms with Crippen LogP contribution in [0.4, 0.5) is 27.6 Å². The molecule has 0 saturated carbocycles. The van der Waals surface area contributed by atoms with Gasteiger partial charge in [0.2, 0.25) is 0 Å². The van der Waals surface area contributed by atoms with Gasteiger partial charge in [-0.15, -0.1) is 0 Å². The zero-order chi connectivity index (χ0) is 34.9. The number of hydrogen-bond acceptors (Lipinski definition) is 6. The Kier molecular flexibility index (Phi) is 9.41. The topological polar surface area (TPSA) is 132 Å². The average molecular weight is 673 g/mol. The smallest absolute Gasteiger partial charge is 0.412 e. The number of aromatic nitrogens is 2. The number of ether oxygens (including phenoxy) is 1. The predicted molar refractivity (Wildman–Crippen MR) is 164 cm³/mol. The number of carboxylic acids is 1. The minimum absolute atomic E-state index is 0.168. The van der Waals surface area contributed by atoms with Gasteiger partial charge in [0, 0.05) is 38.0 Å². The summed E-state index contributed by atoms with van der Waals surface area (Å²) < 4.78 is 79.6. The van der Waals surface area contributed by atoms with E-state index in [0.29, 0.717) is 54.0 Å². The lowest BCUT2D eigenvalue weighted by Gasteiger charge is -2.25. The molecule has 0 radical (unpaired) electrons. The number of rotatable bonds is 9. The number of anilines is 1. The van der Waals surface area contributed by atoms with Gasteiger partial charge in [-0.05, 0) is 41.7 Å². The number of amides is 1. The first-order valence-corrected chi connectivity index (χ1v) is 14.6. The van der Waals surface area contributed by atoms with Crippen molar-refractivity contribution >= 4 is 17.6 Å². The number of carboxylic acid groups (broad SMARTS) is 1. The lowest BCUT2D eigenvalue weighted by atomic mass is 9.91. The molecule has 48 heavy (non-hydrogen) atoms. The standard InChI is InChI=1S/C33H29F5N4O6/c1-41-16-22(30(44)42(2)32(41)47)21-11-10-18(20-9-6-12-48-27(20)21)13-25(31(45)46)40-29(43)26-23(34)14-19(15-24(26)35)39-28(33(36,37)38)17-7-4-3-5-8-17/h3-5,7-8,10-11,14-16,25,28,39H,6,9,12-13H2,1-2H3,(H,40,43)(H,45,46). The Morgan fingerprint density at radius 1 is 1.00 bits per heavy atom. The molecule has 5 rings (SSSR count). The molecule has 4 aromatic rings. The quantitative estimate of drug-likeness (QED) is 0.223. The number of aryl methyl sites for hydroxylation is 1. The normalized spacial score (nSPS) is 14.0. The molecule has 2 heterocycles. The molecule has 0 bridgehead atoms. The van der Waals surface area contributed by atoms with E-state index < -0.39 is 64.3 Å². The van der Waals surface area contributed by atoms with Gasteiger partial charge in [-0.3, -0.25) is 14.2 Å². The zero-order valence-electron chi connectivity index (χ0n) is 25.5. The molecule has 0 saturated heterocycles. The van der Waals surface area contributed by atoms with Crippen LogP contribution in [0.2, 0.25) is 0 Å². The molecule has 2 atom stereocenters. The molecule has 0 spiro atoms. The summed E-state index contributed by atoms with van der Waals surface area (Å²) in [5.74, 6) is -5.68. The molecule has 252 valence electrons. The summed E-state index contributed by atoms with van der Waals surface area (Å²) in [5.41, 5.74) is -1.58. The molecular weight excluding hydrogens is 643 g/mol. The molecule has 1 aliphatic rings. The van der Waals surface area contributed by atoms with E-state index in [2.05, 4.69) is 10.6 Å². The first kappa shape index (κ1) is 33.9. The third-order valence-electron chi connectivity index (χ3n) is 7.98. The van der Waals surface area contributed by atoms with Gasteiger partial charge in [0.1, 0.15) is 35.0 Å². The van der Waals surface area contributed by atoms with Crippen LogP contribution in [0, 0.1) is 11.6 Å². The Balaban J connectivity index is 1.41. The Morgan fingerprint density at radius 2 is 1.67 bits per heavy atom. The highest BCUT2D eigenvalue weighted by Crippen LogP contribution is 2.38. The number of nitrogens with one attached hydrogen (secondary N) is 2. The van der Waals surface area contributed by atoms with E-state index in [1.807, 2.05) is 0 Å². The highest BCUT2D eigenvalue weighted by molar-refractivity contribution is 5.97. The largest absolute Gasteiger partial charge is 0.493 e. The van der Waals surface area contributed by atoms with E-state index in [9.17, 15) is 37.5 Å². The highest BCUT2D eigenvalue weighted by Gasteiger charge is 2.41. The molecule has 0 fully saturated rings. The van der Waals surface area contributed by atoms with Crippen LogP contribution < -0.4 is 26.6 Å². The fourth-order valence-corrected chi connectivity index (χ4v) is 5.62. The van der Waals surface area contributed by atoms with Crippen LogP contribution in [0.25, 0.3) is 11.1 Å². The summed E-state index contributed by atoms with van der Waals surface area (Å²) in [4.78, 5) is 50.4. The zero-order valence-corrected chi connectivity index (χ0v) is 25.5. The van der Waals surface area contributed by atoms with Crippen molar-refractivity contribution in [2.75, 3.05) is 11.9 Å². The van der Waals surface area contributed by atoms with Crippen LogP contribution in [0.1, 0.15) is 39.5 Å². The maximum absolute atomic E-state index is 15.1. The van der Waals surface area contributed by atoms with Crippen molar-refractivity contribution < 1.29 is 41.4 Å². The average Bonchev–Trinajstić information content (AvgIpc) is 3.03. The third kappa shape index (κ3) is 6.80. The molecule has 1 aromatic heterocycles. The number of nitrogens with zero attached hydrogens (tertiary/aromatic N) is 2. The monoisotopic (exact) mass is 672 g/mol. The number of alkyl halides is 3. The number of aliphatic carboxylic acids is 1. The fraction of sp³-hybridized carbons (Fsp3) is 0.273. The van der Waals surface area contributed by atoms with Crippen molar-refractivity contribution in [3.05, 3.63) is 116 Å². The Morgan fingerprint density at radius 3 is 2.29 bits per heavy atom. The minimum atomic E-state index is -4.84. The minimum Gasteiger partial charge on any atom is -0.493 e. The lowest BCUT2D eigenvalue weighted by molar-refractivity contribution is -0.144. The van der Waals surface area contributed by atoms with Crippen molar-refractivity contribution in [3.63, 3.8) is 0 Å². The van der Waals surface area contributed by atoms with Crippen LogP contribution in [-0.4, -0.2) is 44.9 Å². The highest BCUT2D eigenvalue weighted by atomic mass is 19.4. The summed E-state index contributed by atoms with van der Waals surface area (Å²) in [7, 11) is 2.81. The van der Waals surface area contributed by atoms with Gasteiger partial charge in [-0.25, -0.2) is 18.4 Å². The molecule has 3 N–H and O–H groups in total. The Hall–Kier alpha value is -5.47. The fourth-order valence-electron chi connectivity index (χ4n) is 5.62. The third-order valence-corrected chi connectivity index (χ3v) is 7.98. The summed E-state index contributed by atoms with van der Waals surface area (Å²) >= 11 is 0. The molecular formula is C33H29F5N4O6. The van der Waals surface area contributed by atoms with Crippen LogP contribution in [-0.2, 0) is 31.7 Å². The van der Waals surface area contributed by atoms with Crippen LogP contribution in [0.3, 0.4) is 0 Å². The molecule has 1 aliphatic heterocycles. The second-order valence-corrected chi connectivity index (χ2v) is 11.2. The van der Waals surface area contributed by atoms with Gasteiger partial charge in [-0.1, -0.05) is 42.5 Å². The molecule has 0 aliphatic carbocycles. The van der Waals surface area contributed by atoms with Gasteiger partial charge < -0.3 is 25.0 Å². The van der Waals surface area contributed by atoms with Gasteiger partial charge >= 0.3 is 17.8 Å². The molecule has 2 unspecified atom stereocenters. The Bertz CT molecular complexity index is 1990. The SMILES string of the molecule is Cn1cc(-c2ccc(CC(NC(=O)c3c(F)cc(NC(c4ccccc4)C(F)(F)F)cc3F)C(=O)O)c3c2OCCC3)c(=O)n(C)c1=O. The van der Waals surface area contributed by atoms with Crippen molar-refractivity contribution in [3.8, 4) is 16.9 Å². The molecule has 1 amide bonds. The van der Waals surface area contributed by atoms with E-state index in [1.165, 1.54) is 61.3 Å². The van der Waals surface area contributed by atoms with Gasteiger partial charge in [0.25, 0.3) is 11.5 Å². The number of carbonyl (C=O) groups is 2. The first-order chi connectivity index (χ1) is 22.7. The predicted octanol–water partition coefficient (Wildman–Crippen LogP) is 4.50. The van der Waals surface area contributed by atoms with E-state index >= 15 is 8.78 Å². The van der Waals surface area contributed by atoms with Crippen LogP contribution in [0.5, 0.6) is 5.75 Å². The first-order valence-electron chi connectivity index (χ1n) is 14.6. The summed E-state index contributed by atoms with van der Waals surface area (Å²) in [6, 6.07) is 6.73. The van der Waals surface area contributed by atoms with E-state index in [4.69, 9.17) is 4.74 Å². The number of halogens is 5. The van der Waals surface area contributed by atoms with Gasteiger partial charge in [0.05, 0.1) is 12.2 Å². The number of benzene rings is 3. The second-order valence-electron chi connectivity index (χ2n) is 11.2.